The number of hydrogen-bond donors (Lipinski definition) is 4. The van der Waals surface area contributed by atoms with Gasteiger partial charge in [0.15, 0.2) is 10.2 Å². The van der Waals surface area contributed by atoms with Gasteiger partial charge in [-0.15, -0.1) is 0 Å². The fourth-order valence-electron chi connectivity index (χ4n) is 2.17. The molecule has 0 aromatic heterocycles. The summed E-state index contributed by atoms with van der Waals surface area (Å²) in [6.45, 7) is 4.60. The van der Waals surface area contributed by atoms with Crippen molar-refractivity contribution in [1.82, 2.24) is 21.5 Å². The third-order valence-corrected chi connectivity index (χ3v) is 4.07. The number of rotatable bonds is 1. The van der Waals surface area contributed by atoms with Crippen LogP contribution in [0.25, 0.3) is 0 Å². The van der Waals surface area contributed by atoms with Crippen LogP contribution in [0.3, 0.4) is 0 Å². The van der Waals surface area contributed by atoms with E-state index in [1.54, 1.807) is 7.05 Å². The van der Waals surface area contributed by atoms with Gasteiger partial charge in [0.05, 0.1) is 0 Å². The van der Waals surface area contributed by atoms with Crippen LogP contribution < -0.4 is 21.5 Å². The average Bonchev–Trinajstić information content (AvgIpc) is 2.32. The fourth-order valence-corrected chi connectivity index (χ4v) is 2.42. The molecule has 0 aliphatic heterocycles. The lowest BCUT2D eigenvalue weighted by Crippen LogP contribution is -2.53. The van der Waals surface area contributed by atoms with E-state index < -0.39 is 0 Å². The van der Waals surface area contributed by atoms with Crippen LogP contribution in [0.2, 0.25) is 0 Å². The minimum absolute atomic E-state index is 0.462. The summed E-state index contributed by atoms with van der Waals surface area (Å²) in [5.74, 6) is 1.41. The summed E-state index contributed by atoms with van der Waals surface area (Å²) in [4.78, 5) is 0. The molecule has 0 aromatic rings. The molecule has 0 radical (unpaired) electrons. The molecule has 0 bridgehead atoms. The molecule has 6 heteroatoms. The van der Waals surface area contributed by atoms with Crippen molar-refractivity contribution in [3.8, 4) is 0 Å². The Morgan fingerprint density at radius 3 is 2.35 bits per heavy atom. The van der Waals surface area contributed by atoms with E-state index in [0.29, 0.717) is 22.2 Å². The van der Waals surface area contributed by atoms with Gasteiger partial charge in [-0.25, -0.2) is 0 Å². The molecule has 1 saturated carbocycles. The zero-order valence-corrected chi connectivity index (χ0v) is 12.3. The maximum absolute atomic E-state index is 5.22. The van der Waals surface area contributed by atoms with Crippen molar-refractivity contribution in [2.24, 2.45) is 11.8 Å². The van der Waals surface area contributed by atoms with Crippen molar-refractivity contribution in [3.05, 3.63) is 0 Å². The van der Waals surface area contributed by atoms with Crippen molar-refractivity contribution in [1.29, 1.82) is 0 Å². The molecule has 1 rings (SSSR count). The Bertz CT molecular complexity index is 283. The quantitative estimate of drug-likeness (QED) is 0.427. The highest BCUT2D eigenvalue weighted by Crippen LogP contribution is 2.29. The molecule has 0 aromatic carbocycles. The van der Waals surface area contributed by atoms with E-state index >= 15 is 0 Å². The summed E-state index contributed by atoms with van der Waals surface area (Å²) in [6, 6.07) is 0.462. The van der Waals surface area contributed by atoms with Crippen molar-refractivity contribution in [2.45, 2.75) is 39.2 Å². The van der Waals surface area contributed by atoms with Gasteiger partial charge in [-0.3, -0.25) is 10.9 Å². The Labute approximate surface area is 114 Å². The van der Waals surface area contributed by atoms with E-state index in [1.165, 1.54) is 19.3 Å². The maximum atomic E-state index is 5.22. The second-order valence-electron chi connectivity index (χ2n) is 4.68. The Kier molecular flexibility index (Phi) is 5.91. The number of nitrogens with one attached hydrogen (secondary N) is 4. The highest BCUT2D eigenvalue weighted by atomic mass is 32.1. The lowest BCUT2D eigenvalue weighted by atomic mass is 9.78. The average molecular weight is 274 g/mol. The van der Waals surface area contributed by atoms with Crippen LogP contribution in [0, 0.1) is 11.8 Å². The summed E-state index contributed by atoms with van der Waals surface area (Å²) in [7, 11) is 1.76. The van der Waals surface area contributed by atoms with Gasteiger partial charge >= 0.3 is 0 Å². The first kappa shape index (κ1) is 14.4. The Hall–Kier alpha value is -0.620. The van der Waals surface area contributed by atoms with Crippen LogP contribution in [0.15, 0.2) is 0 Å². The first-order valence-corrected chi connectivity index (χ1v) is 6.90. The largest absolute Gasteiger partial charge is 0.364 e. The fraction of sp³-hybridized carbons (Fsp3) is 0.818. The van der Waals surface area contributed by atoms with Crippen LogP contribution in [0.5, 0.6) is 0 Å². The van der Waals surface area contributed by atoms with E-state index in [0.717, 1.165) is 5.92 Å². The van der Waals surface area contributed by atoms with Crippen molar-refractivity contribution >= 4 is 34.7 Å². The molecule has 17 heavy (non-hydrogen) atoms. The molecule has 98 valence electrons. The maximum Gasteiger partial charge on any atom is 0.185 e. The van der Waals surface area contributed by atoms with E-state index in [1.807, 2.05) is 0 Å². The number of hydrogen-bond acceptors (Lipinski definition) is 2. The van der Waals surface area contributed by atoms with E-state index in [4.69, 9.17) is 24.4 Å². The molecule has 1 aliphatic rings. The summed E-state index contributed by atoms with van der Waals surface area (Å²) in [6.07, 6.45) is 3.78. The van der Waals surface area contributed by atoms with Crippen LogP contribution in [0.4, 0.5) is 0 Å². The molecule has 4 N–H and O–H groups in total. The number of thiocarbonyl (C=S) groups is 2. The molecule has 0 amide bonds. The van der Waals surface area contributed by atoms with Crippen LogP contribution in [0.1, 0.15) is 33.1 Å². The summed E-state index contributed by atoms with van der Waals surface area (Å²) in [5, 5.41) is 7.29. The monoisotopic (exact) mass is 274 g/mol. The van der Waals surface area contributed by atoms with Gasteiger partial charge in [0.25, 0.3) is 0 Å². The van der Waals surface area contributed by atoms with Gasteiger partial charge in [-0.1, -0.05) is 26.7 Å². The Morgan fingerprint density at radius 2 is 1.71 bits per heavy atom. The normalized spacial score (nSPS) is 28.1. The molecule has 1 fully saturated rings. The smallest absolute Gasteiger partial charge is 0.185 e. The number of hydrazine groups is 1. The second kappa shape index (κ2) is 6.96. The van der Waals surface area contributed by atoms with Crippen molar-refractivity contribution in [3.63, 3.8) is 0 Å². The van der Waals surface area contributed by atoms with Crippen LogP contribution in [-0.2, 0) is 0 Å². The summed E-state index contributed by atoms with van der Waals surface area (Å²) >= 11 is 10.2. The van der Waals surface area contributed by atoms with Gasteiger partial charge < -0.3 is 10.6 Å². The zero-order valence-electron chi connectivity index (χ0n) is 10.7. The molecule has 1 aliphatic carbocycles. The Morgan fingerprint density at radius 1 is 1.06 bits per heavy atom. The van der Waals surface area contributed by atoms with Gasteiger partial charge in [-0.05, 0) is 42.7 Å². The molecule has 4 nitrogen and oxygen atoms in total. The third-order valence-electron chi connectivity index (χ3n) is 3.54. The Balaban J connectivity index is 2.32. The predicted molar refractivity (Wildman–Crippen MR) is 79.6 cm³/mol. The summed E-state index contributed by atoms with van der Waals surface area (Å²) < 4.78 is 0. The van der Waals surface area contributed by atoms with Crippen molar-refractivity contribution < 1.29 is 0 Å². The molecule has 3 atom stereocenters. The van der Waals surface area contributed by atoms with E-state index in [-0.39, 0.29) is 0 Å². The first-order chi connectivity index (χ1) is 8.04. The highest BCUT2D eigenvalue weighted by Gasteiger charge is 2.27. The van der Waals surface area contributed by atoms with E-state index in [2.05, 4.69) is 35.3 Å². The SMILES string of the molecule is CNC(=S)NNC(=S)N[C@@H]1CCC[C@H](C)[C@H]1C. The molecular formula is C11H22N4S2. The standard InChI is InChI=1S/C11H22N4S2/c1-7-5-4-6-9(8(7)2)13-11(17)15-14-10(16)12-3/h7-9H,4-6H2,1-3H3,(H2,12,14,16)(H2,13,15,17)/t7-,8+,9+/m0/s1. The first-order valence-electron chi connectivity index (χ1n) is 6.08. The minimum Gasteiger partial charge on any atom is -0.364 e. The zero-order chi connectivity index (χ0) is 12.8. The molecule has 0 saturated heterocycles. The topological polar surface area (TPSA) is 48.1 Å². The predicted octanol–water partition coefficient (Wildman–Crippen LogP) is 1.28. The molecule has 0 unspecified atom stereocenters. The van der Waals surface area contributed by atoms with Crippen LogP contribution in [-0.4, -0.2) is 23.3 Å². The third kappa shape index (κ3) is 4.63. The molecule has 0 spiro atoms. The molecular weight excluding hydrogens is 252 g/mol. The van der Waals surface area contributed by atoms with Crippen molar-refractivity contribution in [2.75, 3.05) is 7.05 Å². The lowest BCUT2D eigenvalue weighted by molar-refractivity contribution is 0.224. The van der Waals surface area contributed by atoms with Crippen LogP contribution >= 0.6 is 24.4 Å². The van der Waals surface area contributed by atoms with Gasteiger partial charge in [0, 0.05) is 13.1 Å². The second-order valence-corrected chi connectivity index (χ2v) is 5.49. The summed E-state index contributed by atoms with van der Waals surface area (Å²) in [5.41, 5.74) is 5.70. The lowest BCUT2D eigenvalue weighted by Gasteiger charge is -2.35. The van der Waals surface area contributed by atoms with E-state index in [9.17, 15) is 0 Å². The van der Waals surface area contributed by atoms with Gasteiger partial charge in [-0.2, -0.15) is 0 Å². The molecule has 0 heterocycles. The van der Waals surface area contributed by atoms with Gasteiger partial charge in [0.2, 0.25) is 0 Å². The van der Waals surface area contributed by atoms with Gasteiger partial charge in [0.1, 0.15) is 0 Å². The highest BCUT2D eigenvalue weighted by molar-refractivity contribution is 7.80. The minimum atomic E-state index is 0.462.